The van der Waals surface area contributed by atoms with Crippen LogP contribution in [0, 0.1) is 0 Å². The molecule has 0 bridgehead atoms. The summed E-state index contributed by atoms with van der Waals surface area (Å²) in [6.07, 6.45) is 18.5. The summed E-state index contributed by atoms with van der Waals surface area (Å²) < 4.78 is 1.20. The zero-order chi connectivity index (χ0) is 33.9. The maximum absolute atomic E-state index is 3.88. The number of nitrogens with zero attached hydrogens (tertiary/aromatic N) is 1. The molecule has 1 nitrogen and oxygen atoms in total. The number of anilines is 3. The second-order valence-electron chi connectivity index (χ2n) is 14.1. The van der Waals surface area contributed by atoms with Gasteiger partial charge in [0.2, 0.25) is 0 Å². The fourth-order valence-electron chi connectivity index (χ4n) is 8.13. The van der Waals surface area contributed by atoms with Crippen molar-refractivity contribution < 1.29 is 0 Å². The minimum Gasteiger partial charge on any atom is -0.311 e. The minimum atomic E-state index is 0.0668. The summed E-state index contributed by atoms with van der Waals surface area (Å²) in [6, 6.07) is 45.0. The molecule has 0 radical (unpaired) electrons. The molecule has 0 spiro atoms. The van der Waals surface area contributed by atoms with Gasteiger partial charge in [-0.3, -0.25) is 0 Å². The smallest absolute Gasteiger partial charge is 0.0462 e. The predicted octanol–water partition coefficient (Wildman–Crippen LogP) is 15.4. The molecule has 0 atom stereocenters. The Balaban J connectivity index is 1.34. The van der Waals surface area contributed by atoms with Gasteiger partial charge in [0.15, 0.2) is 0 Å². The number of para-hydroxylation sites is 2. The summed E-state index contributed by atoms with van der Waals surface area (Å²) in [5, 5.41) is 0. The van der Waals surface area contributed by atoms with Gasteiger partial charge < -0.3 is 4.90 Å². The first kappa shape index (κ1) is 35.2. The van der Waals surface area contributed by atoms with E-state index in [0.29, 0.717) is 0 Å². The lowest BCUT2D eigenvalue weighted by Crippen LogP contribution is -2.25. The third-order valence-corrected chi connectivity index (χ3v) is 11.2. The van der Waals surface area contributed by atoms with E-state index in [-0.39, 0.29) is 5.41 Å². The van der Waals surface area contributed by atoms with Crippen molar-refractivity contribution in [2.24, 2.45) is 0 Å². The molecule has 254 valence electrons. The Morgan fingerprint density at radius 1 is 0.449 bits per heavy atom. The molecule has 1 aliphatic rings. The van der Waals surface area contributed by atoms with Gasteiger partial charge in [-0.25, -0.2) is 0 Å². The second kappa shape index (κ2) is 17.3. The summed E-state index contributed by atoms with van der Waals surface area (Å²) in [6.45, 7) is 4.63. The van der Waals surface area contributed by atoms with Crippen molar-refractivity contribution in [3.8, 4) is 22.3 Å². The number of fused-ring (bicyclic) bond motifs is 3. The maximum Gasteiger partial charge on any atom is 0.0462 e. The number of benzene rings is 5. The summed E-state index contributed by atoms with van der Waals surface area (Å²) in [7, 11) is 0. The Labute approximate surface area is 304 Å². The van der Waals surface area contributed by atoms with Gasteiger partial charge in [0.05, 0.1) is 0 Å². The van der Waals surface area contributed by atoms with E-state index in [2.05, 4.69) is 156 Å². The fourth-order valence-corrected chi connectivity index (χ4v) is 8.49. The van der Waals surface area contributed by atoms with Gasteiger partial charge >= 0.3 is 0 Å². The number of rotatable bonds is 18. The van der Waals surface area contributed by atoms with Crippen LogP contribution in [0.15, 0.2) is 126 Å². The lowest BCUT2D eigenvalue weighted by atomic mass is 9.70. The highest BCUT2D eigenvalue weighted by Crippen LogP contribution is 2.55. The molecule has 0 fully saturated rings. The van der Waals surface area contributed by atoms with Gasteiger partial charge in [-0.15, -0.1) is 0 Å². The third kappa shape index (κ3) is 8.24. The predicted molar refractivity (Wildman–Crippen MR) is 216 cm³/mol. The monoisotopic (exact) mass is 711 g/mol. The van der Waals surface area contributed by atoms with Gasteiger partial charge in [-0.2, -0.15) is 0 Å². The van der Waals surface area contributed by atoms with E-state index in [1.807, 2.05) is 0 Å². The quantitative estimate of drug-likeness (QED) is 0.0818. The first-order chi connectivity index (χ1) is 24.1. The average Bonchev–Trinajstić information content (AvgIpc) is 3.40. The highest BCUT2D eigenvalue weighted by Gasteiger charge is 2.42. The molecule has 49 heavy (non-hydrogen) atoms. The van der Waals surface area contributed by atoms with Gasteiger partial charge in [0.1, 0.15) is 0 Å². The first-order valence-corrected chi connectivity index (χ1v) is 19.9. The van der Waals surface area contributed by atoms with E-state index in [4.69, 9.17) is 0 Å². The first-order valence-electron chi connectivity index (χ1n) is 19.1. The summed E-state index contributed by atoms with van der Waals surface area (Å²) >= 11 is 3.88. The Morgan fingerprint density at radius 3 is 1.45 bits per heavy atom. The number of hydrogen-bond donors (Lipinski definition) is 0. The van der Waals surface area contributed by atoms with Crippen molar-refractivity contribution >= 4 is 33.0 Å². The summed E-state index contributed by atoms with van der Waals surface area (Å²) in [4.78, 5) is 2.34. The molecule has 5 aromatic rings. The van der Waals surface area contributed by atoms with E-state index in [1.54, 1.807) is 11.1 Å². The molecule has 0 heterocycles. The van der Waals surface area contributed by atoms with E-state index in [1.165, 1.54) is 122 Å². The standard InChI is InChI=1S/C47H54BrN/c1-3-5-7-9-11-19-33-47(34-20-12-10-8-6-4-2)45-35-38(27-31-43(45)44-32-28-39(48)36-46(44)47)37-25-29-42(30-26-37)49(40-21-15-13-16-22-40)41-23-17-14-18-24-41/h13-18,21-32,35-36H,3-12,19-20,33-34H2,1-2H3. The van der Waals surface area contributed by atoms with Crippen LogP contribution in [0.25, 0.3) is 22.3 Å². The van der Waals surface area contributed by atoms with Crippen molar-refractivity contribution in [3.05, 3.63) is 137 Å². The van der Waals surface area contributed by atoms with Crippen LogP contribution in [0.1, 0.15) is 115 Å². The lowest BCUT2D eigenvalue weighted by Gasteiger charge is -2.33. The largest absolute Gasteiger partial charge is 0.311 e. The van der Waals surface area contributed by atoms with Crippen LogP contribution in [-0.4, -0.2) is 0 Å². The zero-order valence-electron chi connectivity index (χ0n) is 29.8. The normalized spacial score (nSPS) is 12.9. The molecule has 2 heteroatoms. The van der Waals surface area contributed by atoms with E-state index < -0.39 is 0 Å². The van der Waals surface area contributed by atoms with Gasteiger partial charge in [0, 0.05) is 26.9 Å². The topological polar surface area (TPSA) is 3.24 Å². The van der Waals surface area contributed by atoms with Crippen molar-refractivity contribution in [2.45, 2.75) is 109 Å². The molecule has 0 aromatic heterocycles. The minimum absolute atomic E-state index is 0.0668. The van der Waals surface area contributed by atoms with Crippen LogP contribution >= 0.6 is 15.9 Å². The molecule has 0 saturated heterocycles. The van der Waals surface area contributed by atoms with Crippen molar-refractivity contribution in [1.82, 2.24) is 0 Å². The van der Waals surface area contributed by atoms with E-state index in [0.717, 1.165) is 11.4 Å². The highest BCUT2D eigenvalue weighted by molar-refractivity contribution is 9.10. The van der Waals surface area contributed by atoms with Gasteiger partial charge in [-0.1, -0.05) is 174 Å². The van der Waals surface area contributed by atoms with Crippen molar-refractivity contribution in [1.29, 1.82) is 0 Å². The average molecular weight is 713 g/mol. The Hall–Kier alpha value is -3.62. The third-order valence-electron chi connectivity index (χ3n) is 10.7. The number of hydrogen-bond acceptors (Lipinski definition) is 1. The SMILES string of the molecule is CCCCCCCCC1(CCCCCCCC)c2cc(Br)ccc2-c2ccc(-c3ccc(N(c4ccccc4)c4ccccc4)cc3)cc21. The van der Waals surface area contributed by atoms with E-state index >= 15 is 0 Å². The molecular weight excluding hydrogens is 658 g/mol. The fraction of sp³-hybridized carbons (Fsp3) is 0.362. The molecule has 0 unspecified atom stereocenters. The number of halogens is 1. The van der Waals surface area contributed by atoms with Gasteiger partial charge in [-0.05, 0) is 101 Å². The summed E-state index contributed by atoms with van der Waals surface area (Å²) in [5.74, 6) is 0. The van der Waals surface area contributed by atoms with Crippen LogP contribution in [0.4, 0.5) is 17.1 Å². The van der Waals surface area contributed by atoms with Crippen LogP contribution < -0.4 is 4.90 Å². The highest BCUT2D eigenvalue weighted by atomic mass is 79.9. The molecular formula is C47H54BrN. The van der Waals surface area contributed by atoms with Crippen molar-refractivity contribution in [2.75, 3.05) is 4.90 Å². The maximum atomic E-state index is 3.88. The molecule has 0 amide bonds. The lowest BCUT2D eigenvalue weighted by molar-refractivity contribution is 0.398. The van der Waals surface area contributed by atoms with Gasteiger partial charge in [0.25, 0.3) is 0 Å². The van der Waals surface area contributed by atoms with E-state index in [9.17, 15) is 0 Å². The second-order valence-corrected chi connectivity index (χ2v) is 15.0. The Bertz CT molecular complexity index is 1690. The Kier molecular flexibility index (Phi) is 12.5. The summed E-state index contributed by atoms with van der Waals surface area (Å²) in [5.41, 5.74) is 12.1. The molecule has 0 aliphatic heterocycles. The molecule has 6 rings (SSSR count). The molecule has 1 aliphatic carbocycles. The van der Waals surface area contributed by atoms with Crippen molar-refractivity contribution in [3.63, 3.8) is 0 Å². The number of unbranched alkanes of at least 4 members (excludes halogenated alkanes) is 10. The molecule has 0 saturated carbocycles. The van der Waals surface area contributed by atoms with Crippen LogP contribution in [0.5, 0.6) is 0 Å². The molecule has 5 aromatic carbocycles. The molecule has 0 N–H and O–H groups in total. The Morgan fingerprint density at radius 2 is 0.898 bits per heavy atom. The zero-order valence-corrected chi connectivity index (χ0v) is 31.4. The van der Waals surface area contributed by atoms with Crippen LogP contribution in [0.3, 0.4) is 0 Å². The van der Waals surface area contributed by atoms with Crippen LogP contribution in [-0.2, 0) is 5.41 Å². The van der Waals surface area contributed by atoms with Crippen LogP contribution in [0.2, 0.25) is 0 Å².